The van der Waals surface area contributed by atoms with E-state index in [0.29, 0.717) is 5.82 Å². The molecule has 1 aromatic carbocycles. The molecule has 0 saturated carbocycles. The Kier molecular flexibility index (Phi) is 3.02. The molecule has 5 nitrogen and oxygen atoms in total. The van der Waals surface area contributed by atoms with Crippen molar-refractivity contribution < 1.29 is 4.92 Å². The molecule has 0 amide bonds. The molecule has 0 fully saturated rings. The highest BCUT2D eigenvalue weighted by molar-refractivity contribution is 9.10. The van der Waals surface area contributed by atoms with Crippen molar-refractivity contribution in [1.82, 2.24) is 9.55 Å². The third-order valence-corrected chi connectivity index (χ3v) is 3.61. The molecule has 0 N–H and O–H groups in total. The molecule has 20 heavy (non-hydrogen) atoms. The van der Waals surface area contributed by atoms with Gasteiger partial charge in [0, 0.05) is 21.6 Å². The fourth-order valence-electron chi connectivity index (χ4n) is 2.25. The lowest BCUT2D eigenvalue weighted by Crippen LogP contribution is -1.99. The first-order valence-corrected chi connectivity index (χ1v) is 6.74. The van der Waals surface area contributed by atoms with E-state index in [9.17, 15) is 10.1 Å². The van der Waals surface area contributed by atoms with Crippen molar-refractivity contribution in [3.63, 3.8) is 0 Å². The Bertz CT molecular complexity index is 809. The predicted molar refractivity (Wildman–Crippen MR) is 80.2 cm³/mol. The Morgan fingerprint density at radius 2 is 2.05 bits per heavy atom. The summed E-state index contributed by atoms with van der Waals surface area (Å²) in [5, 5.41) is 11.8. The largest absolute Gasteiger partial charge is 0.298 e. The van der Waals surface area contributed by atoms with Gasteiger partial charge in [0.15, 0.2) is 0 Å². The van der Waals surface area contributed by atoms with E-state index in [1.807, 2.05) is 29.7 Å². The summed E-state index contributed by atoms with van der Waals surface area (Å²) in [5.41, 5.74) is 2.04. The van der Waals surface area contributed by atoms with E-state index >= 15 is 0 Å². The average Bonchev–Trinajstić information content (AvgIpc) is 2.73. The highest BCUT2D eigenvalue weighted by Crippen LogP contribution is 2.26. The molecule has 0 aliphatic heterocycles. The number of nitro groups is 1. The Labute approximate surface area is 123 Å². The van der Waals surface area contributed by atoms with Crippen molar-refractivity contribution in [2.75, 3.05) is 0 Å². The smallest absolute Gasteiger partial charge is 0.287 e. The first-order valence-electron chi connectivity index (χ1n) is 5.95. The number of hydrogen-bond donors (Lipinski definition) is 0. The minimum Gasteiger partial charge on any atom is -0.298 e. The summed E-state index contributed by atoms with van der Waals surface area (Å²) < 4.78 is 2.99. The minimum absolute atomic E-state index is 0.00870. The van der Waals surface area contributed by atoms with Crippen LogP contribution in [0.2, 0.25) is 0 Å². The van der Waals surface area contributed by atoms with Crippen LogP contribution in [0.3, 0.4) is 0 Å². The fraction of sp³-hybridized carbons (Fsp3) is 0.0714. The van der Waals surface area contributed by atoms with Crippen molar-refractivity contribution in [2.24, 2.45) is 0 Å². The molecule has 2 aromatic heterocycles. The second-order valence-corrected chi connectivity index (χ2v) is 5.37. The number of aromatic nitrogens is 2. The third-order valence-electron chi connectivity index (χ3n) is 3.12. The molecule has 6 heteroatoms. The molecule has 0 atom stereocenters. The van der Waals surface area contributed by atoms with Crippen molar-refractivity contribution in [3.8, 4) is 5.82 Å². The quantitative estimate of drug-likeness (QED) is 0.526. The van der Waals surface area contributed by atoms with E-state index in [4.69, 9.17) is 0 Å². The lowest BCUT2D eigenvalue weighted by molar-refractivity contribution is -0.385. The van der Waals surface area contributed by atoms with Crippen LogP contribution in [0, 0.1) is 17.0 Å². The van der Waals surface area contributed by atoms with Crippen LogP contribution in [-0.4, -0.2) is 14.5 Å². The third kappa shape index (κ3) is 2.08. The van der Waals surface area contributed by atoms with Gasteiger partial charge in [-0.25, -0.2) is 4.98 Å². The summed E-state index contributed by atoms with van der Waals surface area (Å²) in [6, 6.07) is 11.2. The summed E-state index contributed by atoms with van der Waals surface area (Å²) in [6.45, 7) is 1.98. The number of aryl methyl sites for hydroxylation is 1. The maximum absolute atomic E-state index is 10.7. The zero-order chi connectivity index (χ0) is 14.3. The van der Waals surface area contributed by atoms with E-state index in [1.165, 1.54) is 12.3 Å². The molecule has 0 spiro atoms. The first-order chi connectivity index (χ1) is 9.56. The number of rotatable bonds is 2. The average molecular weight is 332 g/mol. The van der Waals surface area contributed by atoms with Gasteiger partial charge in [-0.1, -0.05) is 15.9 Å². The molecule has 100 valence electrons. The second-order valence-electron chi connectivity index (χ2n) is 4.46. The molecule has 0 bridgehead atoms. The van der Waals surface area contributed by atoms with Crippen LogP contribution < -0.4 is 0 Å². The van der Waals surface area contributed by atoms with Gasteiger partial charge in [-0.15, -0.1) is 0 Å². The topological polar surface area (TPSA) is 61.0 Å². The van der Waals surface area contributed by atoms with Crippen LogP contribution >= 0.6 is 15.9 Å². The van der Waals surface area contributed by atoms with Gasteiger partial charge in [-0.2, -0.15) is 0 Å². The minimum atomic E-state index is -0.450. The monoisotopic (exact) mass is 331 g/mol. The van der Waals surface area contributed by atoms with E-state index < -0.39 is 4.92 Å². The van der Waals surface area contributed by atoms with E-state index in [1.54, 1.807) is 6.07 Å². The predicted octanol–water partition coefficient (Wildman–Crippen LogP) is 4.00. The molecule has 0 saturated heterocycles. The van der Waals surface area contributed by atoms with E-state index in [-0.39, 0.29) is 5.69 Å². The molecular weight excluding hydrogens is 322 g/mol. The Balaban J connectivity index is 2.18. The zero-order valence-electron chi connectivity index (χ0n) is 10.6. The van der Waals surface area contributed by atoms with Gasteiger partial charge in [0.25, 0.3) is 5.69 Å². The molecule has 3 aromatic rings. The van der Waals surface area contributed by atoms with Crippen LogP contribution in [0.5, 0.6) is 0 Å². The van der Waals surface area contributed by atoms with Crippen LogP contribution in [0.4, 0.5) is 5.69 Å². The molecule has 0 radical (unpaired) electrons. The highest BCUT2D eigenvalue weighted by atomic mass is 79.9. The van der Waals surface area contributed by atoms with Crippen molar-refractivity contribution in [1.29, 1.82) is 0 Å². The lowest BCUT2D eigenvalue weighted by atomic mass is 10.2. The molecule has 0 aliphatic rings. The fourth-order valence-corrected chi connectivity index (χ4v) is 2.63. The van der Waals surface area contributed by atoms with Gasteiger partial charge in [-0.05, 0) is 37.3 Å². The van der Waals surface area contributed by atoms with Crippen LogP contribution in [0.15, 0.2) is 47.1 Å². The van der Waals surface area contributed by atoms with Crippen LogP contribution in [-0.2, 0) is 0 Å². The Morgan fingerprint density at radius 1 is 1.25 bits per heavy atom. The number of fused-ring (bicyclic) bond motifs is 1. The number of nitrogens with zero attached hydrogens (tertiary/aromatic N) is 3. The van der Waals surface area contributed by atoms with E-state index in [2.05, 4.69) is 27.0 Å². The zero-order valence-corrected chi connectivity index (χ0v) is 12.2. The number of benzene rings is 1. The SMILES string of the molecule is Cc1cc2cc(Br)ccc2n1-c1ccc([N+](=O)[O-])cn1. The lowest BCUT2D eigenvalue weighted by Gasteiger charge is -2.06. The van der Waals surface area contributed by atoms with Gasteiger partial charge in [0.2, 0.25) is 0 Å². The number of pyridine rings is 1. The second kappa shape index (κ2) is 4.72. The molecular formula is C14H10BrN3O2. The summed E-state index contributed by atoms with van der Waals surface area (Å²) in [6.07, 6.45) is 1.28. The molecule has 0 unspecified atom stereocenters. The highest BCUT2D eigenvalue weighted by Gasteiger charge is 2.11. The number of halogens is 1. The normalized spacial score (nSPS) is 10.9. The van der Waals surface area contributed by atoms with Crippen molar-refractivity contribution >= 4 is 32.5 Å². The van der Waals surface area contributed by atoms with Crippen molar-refractivity contribution in [2.45, 2.75) is 6.92 Å². The van der Waals surface area contributed by atoms with Gasteiger partial charge in [0.05, 0.1) is 10.4 Å². The standard InChI is InChI=1S/C14H10BrN3O2/c1-9-6-10-7-11(15)2-4-13(10)17(9)14-5-3-12(8-16-14)18(19)20/h2-8H,1H3. The molecule has 0 aliphatic carbocycles. The van der Waals surface area contributed by atoms with Crippen molar-refractivity contribution in [3.05, 3.63) is 62.9 Å². The maximum atomic E-state index is 10.7. The number of hydrogen-bond acceptors (Lipinski definition) is 3. The van der Waals surface area contributed by atoms with Gasteiger partial charge < -0.3 is 0 Å². The summed E-state index contributed by atoms with van der Waals surface area (Å²) in [5.74, 6) is 0.672. The summed E-state index contributed by atoms with van der Waals surface area (Å²) >= 11 is 3.45. The van der Waals surface area contributed by atoms with Gasteiger partial charge >= 0.3 is 0 Å². The van der Waals surface area contributed by atoms with Crippen LogP contribution in [0.1, 0.15) is 5.69 Å². The summed E-state index contributed by atoms with van der Waals surface area (Å²) in [7, 11) is 0. The van der Waals surface area contributed by atoms with E-state index in [0.717, 1.165) is 21.1 Å². The van der Waals surface area contributed by atoms with Gasteiger partial charge in [-0.3, -0.25) is 14.7 Å². The molecule has 2 heterocycles. The maximum Gasteiger partial charge on any atom is 0.287 e. The van der Waals surface area contributed by atoms with Crippen LogP contribution in [0.25, 0.3) is 16.7 Å². The van der Waals surface area contributed by atoms with Gasteiger partial charge in [0.1, 0.15) is 12.0 Å². The summed E-state index contributed by atoms with van der Waals surface area (Å²) in [4.78, 5) is 14.4. The Hall–Kier alpha value is -2.21. The first kappa shape index (κ1) is 12.8. The molecule has 3 rings (SSSR count). The Morgan fingerprint density at radius 3 is 2.70 bits per heavy atom.